The van der Waals surface area contributed by atoms with Gasteiger partial charge in [-0.3, -0.25) is 19.9 Å². The van der Waals surface area contributed by atoms with Crippen molar-refractivity contribution in [3.63, 3.8) is 0 Å². The van der Waals surface area contributed by atoms with Crippen molar-refractivity contribution in [2.75, 3.05) is 5.32 Å². The number of carbonyl (C=O) groups excluding carboxylic acids is 1. The van der Waals surface area contributed by atoms with Crippen LogP contribution in [0.3, 0.4) is 0 Å². The summed E-state index contributed by atoms with van der Waals surface area (Å²) in [5.41, 5.74) is -2.50. The fraction of sp³-hybridized carbons (Fsp3) is 0.286. The molecule has 1 amide bonds. The van der Waals surface area contributed by atoms with Gasteiger partial charge in [-0.15, -0.1) is 0 Å². The Morgan fingerprint density at radius 2 is 2.06 bits per heavy atom. The number of rotatable bonds is 2. The van der Waals surface area contributed by atoms with Gasteiger partial charge in [0.25, 0.3) is 11.5 Å². The van der Waals surface area contributed by atoms with E-state index in [0.717, 1.165) is 0 Å². The third kappa shape index (κ3) is 3.90. The number of nitrogens with zero attached hydrogens (tertiary/aromatic N) is 1. The molecule has 0 aliphatic heterocycles. The van der Waals surface area contributed by atoms with Crippen LogP contribution in [-0.2, 0) is 11.0 Å². The standard InChI is InChI=1S/C7H4Cl2F3N3O2/c8-4(9)5(17)15-6-13-2(7(10,11)12)1-3(16)14-6/h1,4H,(H2,13,14,15,16,17). The van der Waals surface area contributed by atoms with E-state index in [-0.39, 0.29) is 6.07 Å². The van der Waals surface area contributed by atoms with Gasteiger partial charge in [0.15, 0.2) is 10.5 Å². The Morgan fingerprint density at radius 1 is 1.47 bits per heavy atom. The summed E-state index contributed by atoms with van der Waals surface area (Å²) >= 11 is 10.3. The Morgan fingerprint density at radius 3 is 2.53 bits per heavy atom. The highest BCUT2D eigenvalue weighted by Gasteiger charge is 2.33. The van der Waals surface area contributed by atoms with Gasteiger partial charge in [-0.2, -0.15) is 13.2 Å². The third-order valence-corrected chi connectivity index (χ3v) is 1.87. The molecule has 1 rings (SSSR count). The van der Waals surface area contributed by atoms with Gasteiger partial charge in [0.2, 0.25) is 5.95 Å². The molecule has 0 aromatic carbocycles. The first-order valence-electron chi connectivity index (χ1n) is 3.97. The van der Waals surface area contributed by atoms with Crippen LogP contribution in [0.1, 0.15) is 5.69 Å². The van der Waals surface area contributed by atoms with E-state index in [0.29, 0.717) is 0 Å². The van der Waals surface area contributed by atoms with E-state index < -0.39 is 34.1 Å². The van der Waals surface area contributed by atoms with Crippen LogP contribution in [0.2, 0.25) is 0 Å². The number of halogens is 5. The van der Waals surface area contributed by atoms with Gasteiger partial charge in [-0.1, -0.05) is 23.2 Å². The maximum absolute atomic E-state index is 12.3. The normalized spacial score (nSPS) is 11.6. The minimum absolute atomic E-state index is 0.258. The molecule has 0 unspecified atom stereocenters. The molecule has 0 bridgehead atoms. The predicted octanol–water partition coefficient (Wildman–Crippen LogP) is 1.53. The lowest BCUT2D eigenvalue weighted by Gasteiger charge is -2.08. The number of nitrogens with one attached hydrogen (secondary N) is 2. The van der Waals surface area contributed by atoms with Crippen molar-refractivity contribution >= 4 is 35.1 Å². The number of alkyl halides is 5. The van der Waals surface area contributed by atoms with Gasteiger partial charge in [-0.05, 0) is 0 Å². The first-order valence-corrected chi connectivity index (χ1v) is 4.85. The molecule has 5 nitrogen and oxygen atoms in total. The van der Waals surface area contributed by atoms with Crippen molar-refractivity contribution in [1.29, 1.82) is 0 Å². The lowest BCUT2D eigenvalue weighted by atomic mass is 10.4. The molecule has 94 valence electrons. The largest absolute Gasteiger partial charge is 0.433 e. The number of aromatic nitrogens is 2. The number of H-pyrrole nitrogens is 1. The van der Waals surface area contributed by atoms with Gasteiger partial charge >= 0.3 is 6.18 Å². The topological polar surface area (TPSA) is 74.8 Å². The molecule has 1 aromatic rings. The zero-order valence-electron chi connectivity index (χ0n) is 7.81. The van der Waals surface area contributed by atoms with Crippen molar-refractivity contribution in [1.82, 2.24) is 9.97 Å². The zero-order valence-corrected chi connectivity index (χ0v) is 9.32. The van der Waals surface area contributed by atoms with Crippen LogP contribution in [0.15, 0.2) is 10.9 Å². The van der Waals surface area contributed by atoms with Crippen molar-refractivity contribution in [2.24, 2.45) is 0 Å². The monoisotopic (exact) mass is 289 g/mol. The van der Waals surface area contributed by atoms with Crippen molar-refractivity contribution in [3.8, 4) is 0 Å². The second kappa shape index (κ2) is 4.92. The Kier molecular flexibility index (Phi) is 3.99. The number of carbonyl (C=O) groups is 1. The van der Waals surface area contributed by atoms with Crippen LogP contribution in [-0.4, -0.2) is 20.7 Å². The minimum atomic E-state index is -4.80. The fourth-order valence-electron chi connectivity index (χ4n) is 0.833. The molecule has 0 spiro atoms. The van der Waals surface area contributed by atoms with E-state index in [1.54, 1.807) is 0 Å². The van der Waals surface area contributed by atoms with Crippen LogP contribution in [0.5, 0.6) is 0 Å². The second-order valence-corrected chi connectivity index (χ2v) is 3.86. The molecule has 0 saturated heterocycles. The van der Waals surface area contributed by atoms with E-state index in [1.165, 1.54) is 0 Å². The summed E-state index contributed by atoms with van der Waals surface area (Å²) in [7, 11) is 0. The van der Waals surface area contributed by atoms with Crippen LogP contribution in [0, 0.1) is 0 Å². The van der Waals surface area contributed by atoms with E-state index in [9.17, 15) is 22.8 Å². The molecule has 0 atom stereocenters. The highest BCUT2D eigenvalue weighted by Crippen LogP contribution is 2.26. The van der Waals surface area contributed by atoms with Crippen LogP contribution >= 0.6 is 23.2 Å². The molecular weight excluding hydrogens is 286 g/mol. The Labute approximate surface area is 102 Å². The molecule has 2 N–H and O–H groups in total. The summed E-state index contributed by atoms with van der Waals surface area (Å²) in [6.07, 6.45) is -4.80. The van der Waals surface area contributed by atoms with E-state index >= 15 is 0 Å². The van der Waals surface area contributed by atoms with Gasteiger partial charge in [0.05, 0.1) is 0 Å². The molecule has 17 heavy (non-hydrogen) atoms. The van der Waals surface area contributed by atoms with Gasteiger partial charge in [0, 0.05) is 6.07 Å². The molecule has 10 heteroatoms. The summed E-state index contributed by atoms with van der Waals surface area (Å²) in [4.78, 5) is 25.3. The Bertz CT molecular complexity index is 486. The lowest BCUT2D eigenvalue weighted by Crippen LogP contribution is -2.24. The average Bonchev–Trinajstić information content (AvgIpc) is 2.15. The SMILES string of the molecule is O=C(Nc1nc(C(F)(F)F)cc(=O)[nH]1)C(Cl)Cl. The van der Waals surface area contributed by atoms with Crippen LogP contribution in [0.25, 0.3) is 0 Å². The molecule has 0 fully saturated rings. The molecule has 0 aliphatic rings. The molecular formula is C7H4Cl2F3N3O2. The molecule has 0 saturated carbocycles. The van der Waals surface area contributed by atoms with Gasteiger partial charge in [-0.25, -0.2) is 4.98 Å². The number of hydrogen-bond acceptors (Lipinski definition) is 3. The highest BCUT2D eigenvalue weighted by molar-refractivity contribution is 6.54. The zero-order chi connectivity index (χ0) is 13.2. The maximum Gasteiger partial charge on any atom is 0.433 e. The Hall–Kier alpha value is -1.28. The molecule has 1 heterocycles. The first kappa shape index (κ1) is 13.8. The van der Waals surface area contributed by atoms with Gasteiger partial charge < -0.3 is 0 Å². The fourth-order valence-corrected chi connectivity index (χ4v) is 0.942. The van der Waals surface area contributed by atoms with Crippen LogP contribution < -0.4 is 10.9 Å². The number of amides is 1. The average molecular weight is 290 g/mol. The first-order chi connectivity index (χ1) is 7.70. The van der Waals surface area contributed by atoms with Crippen molar-refractivity contribution in [2.45, 2.75) is 11.0 Å². The molecule has 0 aliphatic carbocycles. The summed E-state index contributed by atoms with van der Waals surface area (Å²) in [6.45, 7) is 0. The van der Waals surface area contributed by atoms with E-state index in [1.807, 2.05) is 10.3 Å². The van der Waals surface area contributed by atoms with Gasteiger partial charge in [0.1, 0.15) is 0 Å². The third-order valence-electron chi connectivity index (χ3n) is 1.47. The molecule has 0 radical (unpaired) electrons. The second-order valence-electron chi connectivity index (χ2n) is 2.77. The smallest absolute Gasteiger partial charge is 0.294 e. The summed E-state index contributed by atoms with van der Waals surface area (Å²) < 4.78 is 36.8. The number of aromatic amines is 1. The minimum Gasteiger partial charge on any atom is -0.294 e. The van der Waals surface area contributed by atoms with Crippen molar-refractivity contribution < 1.29 is 18.0 Å². The Balaban J connectivity index is 3.07. The van der Waals surface area contributed by atoms with E-state index in [4.69, 9.17) is 23.2 Å². The molecule has 1 aromatic heterocycles. The van der Waals surface area contributed by atoms with Crippen molar-refractivity contribution in [3.05, 3.63) is 22.1 Å². The summed E-state index contributed by atoms with van der Waals surface area (Å²) in [5, 5.41) is 1.83. The quantitative estimate of drug-likeness (QED) is 0.811. The number of hydrogen-bond donors (Lipinski definition) is 2. The van der Waals surface area contributed by atoms with Crippen LogP contribution in [0.4, 0.5) is 19.1 Å². The number of anilines is 1. The summed E-state index contributed by atoms with van der Waals surface area (Å²) in [5.74, 6) is -1.68. The predicted molar refractivity (Wildman–Crippen MR) is 54.0 cm³/mol. The maximum atomic E-state index is 12.3. The lowest BCUT2D eigenvalue weighted by molar-refractivity contribution is -0.141. The summed E-state index contributed by atoms with van der Waals surface area (Å²) in [6, 6.07) is 0.258. The highest BCUT2D eigenvalue weighted by atomic mass is 35.5. The van der Waals surface area contributed by atoms with E-state index in [2.05, 4.69) is 4.98 Å².